The van der Waals surface area contributed by atoms with Gasteiger partial charge in [0, 0.05) is 17.2 Å². The number of nitrogens with two attached hydrogens (primary N) is 1. The Kier molecular flexibility index (Phi) is 3.59. The fraction of sp³-hybridized carbons (Fsp3) is 0.500. The topological polar surface area (TPSA) is 79.4 Å². The van der Waals surface area contributed by atoms with Crippen molar-refractivity contribution in [3.63, 3.8) is 0 Å². The molecular weight excluding hydrogens is 298 g/mol. The molecule has 1 atom stereocenters. The van der Waals surface area contributed by atoms with E-state index >= 15 is 0 Å². The first-order chi connectivity index (χ1) is 8.42. The number of β-amino-alcohol motifs (C(OH)–C–C–N with tert-alkyl or cyclic N) is 1. The molecule has 1 aromatic rings. The zero-order chi connectivity index (χ0) is 13.3. The van der Waals surface area contributed by atoms with Crippen molar-refractivity contribution in [2.24, 2.45) is 5.73 Å². The summed E-state index contributed by atoms with van der Waals surface area (Å²) < 4.78 is 0.908. The second-order valence-electron chi connectivity index (χ2n) is 4.71. The van der Waals surface area contributed by atoms with Gasteiger partial charge in [0.25, 0.3) is 5.91 Å². The maximum absolute atomic E-state index is 11.3. The van der Waals surface area contributed by atoms with Crippen molar-refractivity contribution in [2.45, 2.75) is 25.4 Å². The smallest absolute Gasteiger partial charge is 0.251 e. The highest BCUT2D eigenvalue weighted by atomic mass is 79.9. The van der Waals surface area contributed by atoms with E-state index in [1.54, 1.807) is 6.20 Å². The molecule has 1 aliphatic rings. The average Bonchev–Trinajstić information content (AvgIpc) is 2.28. The van der Waals surface area contributed by atoms with Crippen molar-refractivity contribution in [1.82, 2.24) is 4.98 Å². The zero-order valence-corrected chi connectivity index (χ0v) is 11.8. The molecule has 2 heterocycles. The number of halogens is 1. The standard InChI is InChI=1S/C12H16BrN3O2/c1-8-5-9(13)6-15-10(8)16-4-2-3-12(18,7-16)11(14)17/h5-6,18H,2-4,7H2,1H3,(H2,14,17)/t12-/m1/s1. The van der Waals surface area contributed by atoms with Crippen LogP contribution in [0, 0.1) is 6.92 Å². The summed E-state index contributed by atoms with van der Waals surface area (Å²) in [5, 5.41) is 10.2. The Bertz CT molecular complexity index is 480. The van der Waals surface area contributed by atoms with Crippen molar-refractivity contribution in [3.8, 4) is 0 Å². The number of aliphatic hydroxyl groups is 1. The van der Waals surface area contributed by atoms with Gasteiger partial charge >= 0.3 is 0 Å². The number of hydrogen-bond donors (Lipinski definition) is 2. The van der Waals surface area contributed by atoms with E-state index in [0.29, 0.717) is 6.42 Å². The lowest BCUT2D eigenvalue weighted by molar-refractivity contribution is -0.137. The number of pyridine rings is 1. The van der Waals surface area contributed by atoms with Crippen molar-refractivity contribution >= 4 is 27.7 Å². The van der Waals surface area contributed by atoms with Crippen LogP contribution in [-0.2, 0) is 4.79 Å². The minimum absolute atomic E-state index is 0.206. The summed E-state index contributed by atoms with van der Waals surface area (Å²) >= 11 is 3.36. The van der Waals surface area contributed by atoms with Gasteiger partial charge in [0.1, 0.15) is 5.82 Å². The van der Waals surface area contributed by atoms with Crippen LogP contribution in [0.25, 0.3) is 0 Å². The highest BCUT2D eigenvalue weighted by Gasteiger charge is 2.39. The van der Waals surface area contributed by atoms with E-state index in [0.717, 1.165) is 28.8 Å². The lowest BCUT2D eigenvalue weighted by Gasteiger charge is -2.38. The first-order valence-electron chi connectivity index (χ1n) is 5.82. The Morgan fingerprint density at radius 1 is 1.67 bits per heavy atom. The molecule has 1 saturated heterocycles. The molecule has 1 aromatic heterocycles. The minimum Gasteiger partial charge on any atom is -0.378 e. The number of rotatable bonds is 2. The van der Waals surface area contributed by atoms with E-state index in [4.69, 9.17) is 5.73 Å². The molecule has 6 heteroatoms. The molecule has 0 bridgehead atoms. The second kappa shape index (κ2) is 4.85. The Balaban J connectivity index is 2.26. The Labute approximate surface area is 114 Å². The minimum atomic E-state index is -1.44. The third-order valence-electron chi connectivity index (χ3n) is 3.25. The maximum Gasteiger partial charge on any atom is 0.251 e. The van der Waals surface area contributed by atoms with Crippen LogP contribution in [0.2, 0.25) is 0 Å². The van der Waals surface area contributed by atoms with Crippen molar-refractivity contribution in [2.75, 3.05) is 18.0 Å². The number of carbonyl (C=O) groups excluding carboxylic acids is 1. The molecule has 1 aliphatic heterocycles. The lowest BCUT2D eigenvalue weighted by Crippen LogP contribution is -2.56. The van der Waals surface area contributed by atoms with Crippen LogP contribution in [0.15, 0.2) is 16.7 Å². The number of nitrogens with zero attached hydrogens (tertiary/aromatic N) is 2. The molecule has 2 rings (SSSR count). The number of aromatic nitrogens is 1. The maximum atomic E-state index is 11.3. The van der Waals surface area contributed by atoms with Gasteiger partial charge in [-0.2, -0.15) is 0 Å². The summed E-state index contributed by atoms with van der Waals surface area (Å²) in [6, 6.07) is 1.96. The van der Waals surface area contributed by atoms with Crippen molar-refractivity contribution in [3.05, 3.63) is 22.3 Å². The Morgan fingerprint density at radius 2 is 2.39 bits per heavy atom. The fourth-order valence-corrected chi connectivity index (χ4v) is 2.73. The number of anilines is 1. The van der Waals surface area contributed by atoms with E-state index in [-0.39, 0.29) is 6.54 Å². The first-order valence-corrected chi connectivity index (χ1v) is 6.61. The van der Waals surface area contributed by atoms with Crippen LogP contribution in [0.1, 0.15) is 18.4 Å². The summed E-state index contributed by atoms with van der Waals surface area (Å²) in [6.07, 6.45) is 2.84. The summed E-state index contributed by atoms with van der Waals surface area (Å²) in [4.78, 5) is 17.6. The number of aryl methyl sites for hydroxylation is 1. The highest BCUT2D eigenvalue weighted by molar-refractivity contribution is 9.10. The summed E-state index contributed by atoms with van der Waals surface area (Å²) in [7, 11) is 0. The van der Waals surface area contributed by atoms with Gasteiger partial charge in [-0.1, -0.05) is 0 Å². The molecule has 0 aromatic carbocycles. The van der Waals surface area contributed by atoms with Gasteiger partial charge in [-0.15, -0.1) is 0 Å². The summed E-state index contributed by atoms with van der Waals surface area (Å²) in [5.74, 6) is 0.125. The van der Waals surface area contributed by atoms with Crippen LogP contribution < -0.4 is 10.6 Å². The molecule has 0 aliphatic carbocycles. The van der Waals surface area contributed by atoms with Gasteiger partial charge in [-0.25, -0.2) is 4.98 Å². The summed E-state index contributed by atoms with van der Waals surface area (Å²) in [6.45, 7) is 2.92. The highest BCUT2D eigenvalue weighted by Crippen LogP contribution is 2.27. The quantitative estimate of drug-likeness (QED) is 0.852. The molecule has 0 saturated carbocycles. The molecule has 0 spiro atoms. The number of carbonyl (C=O) groups is 1. The van der Waals surface area contributed by atoms with E-state index in [2.05, 4.69) is 20.9 Å². The molecule has 3 N–H and O–H groups in total. The van der Waals surface area contributed by atoms with Crippen molar-refractivity contribution in [1.29, 1.82) is 0 Å². The average molecular weight is 314 g/mol. The van der Waals surface area contributed by atoms with Gasteiger partial charge in [-0.05, 0) is 47.3 Å². The summed E-state index contributed by atoms with van der Waals surface area (Å²) in [5.41, 5.74) is 4.81. The third kappa shape index (κ3) is 2.49. The molecule has 1 amide bonds. The van der Waals surface area contributed by atoms with Gasteiger partial charge in [0.05, 0.1) is 6.54 Å². The number of piperidine rings is 1. The molecule has 0 radical (unpaired) electrons. The van der Waals surface area contributed by atoms with Gasteiger partial charge in [0.15, 0.2) is 5.60 Å². The number of hydrogen-bond acceptors (Lipinski definition) is 4. The van der Waals surface area contributed by atoms with Crippen LogP contribution in [0.3, 0.4) is 0 Å². The molecular formula is C12H16BrN3O2. The molecule has 1 fully saturated rings. The van der Waals surface area contributed by atoms with E-state index in [9.17, 15) is 9.90 Å². The molecule has 98 valence electrons. The van der Waals surface area contributed by atoms with E-state index in [1.807, 2.05) is 17.9 Å². The zero-order valence-electron chi connectivity index (χ0n) is 10.2. The van der Waals surface area contributed by atoms with Crippen LogP contribution in [-0.4, -0.2) is 34.7 Å². The predicted molar refractivity (Wildman–Crippen MR) is 72.3 cm³/mol. The largest absolute Gasteiger partial charge is 0.378 e. The third-order valence-corrected chi connectivity index (χ3v) is 3.68. The first kappa shape index (κ1) is 13.3. The van der Waals surface area contributed by atoms with E-state index in [1.165, 1.54) is 0 Å². The molecule has 0 unspecified atom stereocenters. The van der Waals surface area contributed by atoms with E-state index < -0.39 is 11.5 Å². The normalized spacial score (nSPS) is 24.1. The lowest BCUT2D eigenvalue weighted by atomic mass is 9.92. The van der Waals surface area contributed by atoms with Crippen LogP contribution in [0.4, 0.5) is 5.82 Å². The Hall–Kier alpha value is -1.14. The van der Waals surface area contributed by atoms with Crippen LogP contribution in [0.5, 0.6) is 0 Å². The number of amides is 1. The fourth-order valence-electron chi connectivity index (χ4n) is 2.28. The Morgan fingerprint density at radius 3 is 3.00 bits per heavy atom. The van der Waals surface area contributed by atoms with Crippen molar-refractivity contribution < 1.29 is 9.90 Å². The molecule has 5 nitrogen and oxygen atoms in total. The van der Waals surface area contributed by atoms with Gasteiger partial charge < -0.3 is 15.7 Å². The van der Waals surface area contributed by atoms with Gasteiger partial charge in [0.2, 0.25) is 0 Å². The van der Waals surface area contributed by atoms with Crippen LogP contribution >= 0.6 is 15.9 Å². The predicted octanol–water partition coefficient (Wildman–Crippen LogP) is 0.969. The van der Waals surface area contributed by atoms with Gasteiger partial charge in [-0.3, -0.25) is 4.79 Å². The number of primary amides is 1. The SMILES string of the molecule is Cc1cc(Br)cnc1N1CCC[C@](O)(C(N)=O)C1. The molecule has 18 heavy (non-hydrogen) atoms. The monoisotopic (exact) mass is 313 g/mol. The second-order valence-corrected chi connectivity index (χ2v) is 5.63.